The molecule has 4 heteroatoms. The summed E-state index contributed by atoms with van der Waals surface area (Å²) in [6, 6.07) is 1.87. The van der Waals surface area contributed by atoms with E-state index in [4.69, 9.17) is 0 Å². The average Bonchev–Trinajstić information content (AvgIpc) is 2.98. The number of aromatic nitrogens is 2. The van der Waals surface area contributed by atoms with Gasteiger partial charge in [0.1, 0.15) is 5.82 Å². The third kappa shape index (κ3) is 4.37. The lowest BCUT2D eigenvalue weighted by molar-refractivity contribution is -0.116. The van der Waals surface area contributed by atoms with E-state index >= 15 is 0 Å². The molecule has 1 aromatic heterocycles. The lowest BCUT2D eigenvalue weighted by atomic mass is 10.0. The highest BCUT2D eigenvalue weighted by molar-refractivity contribution is 5.89. The van der Waals surface area contributed by atoms with Crippen LogP contribution >= 0.6 is 0 Å². The minimum absolute atomic E-state index is 0.123. The number of hydrogen-bond donors (Lipinski definition) is 1. The summed E-state index contributed by atoms with van der Waals surface area (Å²) in [5.41, 5.74) is 0. The molecule has 0 atom stereocenters. The van der Waals surface area contributed by atoms with Crippen LogP contribution in [0.4, 0.5) is 5.82 Å². The number of nitrogens with zero attached hydrogens (tertiary/aromatic N) is 2. The van der Waals surface area contributed by atoms with Crippen LogP contribution in [0.15, 0.2) is 12.3 Å². The molecule has 106 valence electrons. The maximum absolute atomic E-state index is 12.0. The summed E-state index contributed by atoms with van der Waals surface area (Å²) in [5, 5.41) is 7.23. The molecule has 1 saturated carbocycles. The van der Waals surface area contributed by atoms with Gasteiger partial charge in [-0.25, -0.2) is 4.68 Å². The van der Waals surface area contributed by atoms with Crippen molar-refractivity contribution in [2.75, 3.05) is 5.32 Å². The molecule has 1 heterocycles. The van der Waals surface area contributed by atoms with Gasteiger partial charge in [-0.1, -0.05) is 39.5 Å². The molecule has 4 nitrogen and oxygen atoms in total. The Kier molecular flexibility index (Phi) is 5.00. The molecule has 1 amide bonds. The second-order valence-corrected chi connectivity index (χ2v) is 6.03. The van der Waals surface area contributed by atoms with Crippen molar-refractivity contribution >= 4 is 11.7 Å². The van der Waals surface area contributed by atoms with Crippen molar-refractivity contribution in [1.29, 1.82) is 0 Å². The first-order valence-electron chi connectivity index (χ1n) is 7.47. The largest absolute Gasteiger partial charge is 0.311 e. The van der Waals surface area contributed by atoms with Gasteiger partial charge < -0.3 is 5.32 Å². The zero-order chi connectivity index (χ0) is 13.7. The molecule has 1 N–H and O–H groups in total. The van der Waals surface area contributed by atoms with E-state index < -0.39 is 0 Å². The Morgan fingerprint density at radius 2 is 2.21 bits per heavy atom. The van der Waals surface area contributed by atoms with Crippen molar-refractivity contribution in [1.82, 2.24) is 9.78 Å². The molecular weight excluding hydrogens is 238 g/mol. The molecule has 0 aromatic carbocycles. The van der Waals surface area contributed by atoms with Gasteiger partial charge >= 0.3 is 0 Å². The van der Waals surface area contributed by atoms with Crippen LogP contribution in [0, 0.1) is 11.8 Å². The normalized spacial score (nSPS) is 16.2. The van der Waals surface area contributed by atoms with Gasteiger partial charge in [-0.15, -0.1) is 0 Å². The fraction of sp³-hybridized carbons (Fsp3) is 0.733. The van der Waals surface area contributed by atoms with Crippen molar-refractivity contribution in [2.24, 2.45) is 11.8 Å². The fourth-order valence-corrected chi connectivity index (χ4v) is 2.77. The number of carbonyl (C=O) groups excluding carboxylic acids is 1. The summed E-state index contributed by atoms with van der Waals surface area (Å²) >= 11 is 0. The molecule has 0 bridgehead atoms. The molecule has 1 aliphatic carbocycles. The summed E-state index contributed by atoms with van der Waals surface area (Å²) in [6.07, 6.45) is 8.70. The summed E-state index contributed by atoms with van der Waals surface area (Å²) < 4.78 is 1.87. The smallest absolute Gasteiger partial charge is 0.225 e. The van der Waals surface area contributed by atoms with Crippen molar-refractivity contribution in [3.63, 3.8) is 0 Å². The number of carbonyl (C=O) groups is 1. The van der Waals surface area contributed by atoms with Gasteiger partial charge in [0.05, 0.1) is 6.20 Å². The number of nitrogens with one attached hydrogen (secondary N) is 1. The van der Waals surface area contributed by atoms with Gasteiger partial charge in [0.2, 0.25) is 5.91 Å². The van der Waals surface area contributed by atoms with Gasteiger partial charge in [-0.2, -0.15) is 5.10 Å². The van der Waals surface area contributed by atoms with Crippen LogP contribution in [-0.2, 0) is 11.3 Å². The van der Waals surface area contributed by atoms with E-state index in [2.05, 4.69) is 24.3 Å². The van der Waals surface area contributed by atoms with Crippen LogP contribution in [0.3, 0.4) is 0 Å². The Labute approximate surface area is 115 Å². The maximum atomic E-state index is 12.0. The Balaban J connectivity index is 1.79. The molecule has 0 spiro atoms. The summed E-state index contributed by atoms with van der Waals surface area (Å²) in [5.74, 6) is 2.24. The third-order valence-electron chi connectivity index (χ3n) is 3.78. The highest BCUT2D eigenvalue weighted by Gasteiger charge is 2.16. The zero-order valence-corrected chi connectivity index (χ0v) is 12.1. The minimum Gasteiger partial charge on any atom is -0.311 e. The molecule has 0 radical (unpaired) electrons. The van der Waals surface area contributed by atoms with Crippen LogP contribution in [0.1, 0.15) is 52.4 Å². The van der Waals surface area contributed by atoms with E-state index in [1.807, 2.05) is 10.7 Å². The number of rotatable bonds is 6. The Morgan fingerprint density at radius 3 is 2.89 bits per heavy atom. The lowest BCUT2D eigenvalue weighted by Gasteiger charge is -2.12. The predicted octanol–water partition coefficient (Wildman–Crippen LogP) is 3.45. The maximum Gasteiger partial charge on any atom is 0.225 e. The summed E-state index contributed by atoms with van der Waals surface area (Å²) in [7, 11) is 0. The first-order valence-corrected chi connectivity index (χ1v) is 7.47. The Morgan fingerprint density at radius 1 is 1.47 bits per heavy atom. The molecular formula is C15H25N3O. The van der Waals surface area contributed by atoms with Crippen LogP contribution < -0.4 is 5.32 Å². The van der Waals surface area contributed by atoms with E-state index in [9.17, 15) is 4.79 Å². The molecule has 1 aliphatic rings. The number of amides is 1. The average molecular weight is 263 g/mol. The summed E-state index contributed by atoms with van der Waals surface area (Å²) in [4.78, 5) is 12.0. The Hall–Kier alpha value is -1.32. The van der Waals surface area contributed by atoms with Gasteiger partial charge in [-0.05, 0) is 18.3 Å². The topological polar surface area (TPSA) is 46.9 Å². The molecule has 0 saturated heterocycles. The molecule has 1 fully saturated rings. The van der Waals surface area contributed by atoms with E-state index in [-0.39, 0.29) is 5.91 Å². The molecule has 19 heavy (non-hydrogen) atoms. The third-order valence-corrected chi connectivity index (χ3v) is 3.78. The monoisotopic (exact) mass is 263 g/mol. The zero-order valence-electron chi connectivity index (χ0n) is 12.1. The predicted molar refractivity (Wildman–Crippen MR) is 76.9 cm³/mol. The molecule has 0 unspecified atom stereocenters. The van der Waals surface area contributed by atoms with Crippen LogP contribution in [0.25, 0.3) is 0 Å². The molecule has 0 aliphatic heterocycles. The minimum atomic E-state index is 0.123. The molecule has 2 rings (SSSR count). The van der Waals surface area contributed by atoms with Gasteiger partial charge in [0.25, 0.3) is 0 Å². The standard InChI is InChI=1S/C15H25N3O/c1-12(2)11-18-14(9-10-16-18)17-15(19)8-7-13-5-3-4-6-13/h9-10,12-13H,3-8,11H2,1-2H3,(H,17,19). The second kappa shape index (κ2) is 6.73. The van der Waals surface area contributed by atoms with E-state index in [1.54, 1.807) is 6.20 Å². The first kappa shape index (κ1) is 14.1. The quantitative estimate of drug-likeness (QED) is 0.854. The van der Waals surface area contributed by atoms with E-state index in [0.29, 0.717) is 12.3 Å². The number of anilines is 1. The number of hydrogen-bond acceptors (Lipinski definition) is 2. The highest BCUT2D eigenvalue weighted by Crippen LogP contribution is 2.28. The first-order chi connectivity index (χ1) is 9.15. The van der Waals surface area contributed by atoms with E-state index in [1.165, 1.54) is 25.7 Å². The van der Waals surface area contributed by atoms with Gasteiger partial charge in [0, 0.05) is 19.0 Å². The summed E-state index contributed by atoms with van der Waals surface area (Å²) in [6.45, 7) is 5.13. The van der Waals surface area contributed by atoms with Crippen LogP contribution in [-0.4, -0.2) is 15.7 Å². The second-order valence-electron chi connectivity index (χ2n) is 6.03. The van der Waals surface area contributed by atoms with Gasteiger partial charge in [0.15, 0.2) is 0 Å². The van der Waals surface area contributed by atoms with Crippen molar-refractivity contribution in [3.8, 4) is 0 Å². The van der Waals surface area contributed by atoms with Crippen molar-refractivity contribution in [2.45, 2.75) is 58.9 Å². The van der Waals surface area contributed by atoms with Crippen molar-refractivity contribution in [3.05, 3.63) is 12.3 Å². The lowest BCUT2D eigenvalue weighted by Crippen LogP contribution is -2.17. The van der Waals surface area contributed by atoms with Crippen LogP contribution in [0.5, 0.6) is 0 Å². The molecule has 1 aromatic rings. The van der Waals surface area contributed by atoms with Gasteiger partial charge in [-0.3, -0.25) is 4.79 Å². The van der Waals surface area contributed by atoms with E-state index in [0.717, 1.165) is 24.7 Å². The highest BCUT2D eigenvalue weighted by atomic mass is 16.1. The SMILES string of the molecule is CC(C)Cn1nccc1NC(=O)CCC1CCCC1. The Bertz CT molecular complexity index is 405. The fourth-order valence-electron chi connectivity index (χ4n) is 2.77. The van der Waals surface area contributed by atoms with Crippen molar-refractivity contribution < 1.29 is 4.79 Å². The van der Waals surface area contributed by atoms with Crippen LogP contribution in [0.2, 0.25) is 0 Å².